The summed E-state index contributed by atoms with van der Waals surface area (Å²) in [5, 5.41) is 6.41. The molecule has 0 aliphatic carbocycles. The molecule has 21 heavy (non-hydrogen) atoms. The monoisotopic (exact) mass is 304 g/mol. The minimum Gasteiger partial charge on any atom is -0.466 e. The number of hydrogen-bond donors (Lipinski definition) is 1. The van der Waals surface area contributed by atoms with Gasteiger partial charge in [0, 0.05) is 23.9 Å². The summed E-state index contributed by atoms with van der Waals surface area (Å²) in [6.07, 6.45) is 1.25. The summed E-state index contributed by atoms with van der Waals surface area (Å²) in [6, 6.07) is 10.2. The molecule has 0 saturated heterocycles. The zero-order chi connectivity index (χ0) is 14.9. The van der Waals surface area contributed by atoms with Gasteiger partial charge in [-0.25, -0.2) is 4.98 Å². The second-order valence-corrected chi connectivity index (χ2v) is 5.45. The van der Waals surface area contributed by atoms with Crippen LogP contribution >= 0.6 is 11.3 Å². The number of carbonyl (C=O) groups excluding carboxylic acids is 1. The highest BCUT2D eigenvalue weighted by Gasteiger charge is 2.04. The van der Waals surface area contributed by atoms with Crippen molar-refractivity contribution in [3.8, 4) is 10.6 Å². The molecule has 1 heterocycles. The van der Waals surface area contributed by atoms with E-state index in [-0.39, 0.29) is 5.97 Å². The van der Waals surface area contributed by atoms with Gasteiger partial charge < -0.3 is 10.1 Å². The quantitative estimate of drug-likeness (QED) is 0.601. The zero-order valence-corrected chi connectivity index (χ0v) is 13.0. The minimum absolute atomic E-state index is 0.126. The number of nitrogens with one attached hydrogen (secondary N) is 1. The van der Waals surface area contributed by atoms with Gasteiger partial charge in [-0.15, -0.1) is 11.3 Å². The topological polar surface area (TPSA) is 51.2 Å². The summed E-state index contributed by atoms with van der Waals surface area (Å²) in [4.78, 5) is 15.8. The Bertz CT molecular complexity index is 554. The van der Waals surface area contributed by atoms with Gasteiger partial charge in [0.2, 0.25) is 0 Å². The lowest BCUT2D eigenvalue weighted by Gasteiger charge is -2.03. The average Bonchev–Trinajstić information content (AvgIpc) is 2.97. The number of esters is 1. The van der Waals surface area contributed by atoms with Crippen LogP contribution in [0.15, 0.2) is 35.7 Å². The smallest absolute Gasteiger partial charge is 0.305 e. The van der Waals surface area contributed by atoms with E-state index >= 15 is 0 Å². The molecule has 5 heteroatoms. The van der Waals surface area contributed by atoms with E-state index in [1.54, 1.807) is 11.3 Å². The predicted octanol–water partition coefficient (Wildman–Crippen LogP) is 3.24. The number of benzene rings is 1. The molecule has 112 valence electrons. The van der Waals surface area contributed by atoms with Crippen LogP contribution in [0.25, 0.3) is 10.6 Å². The first kappa shape index (κ1) is 15.7. The Labute approximate surface area is 129 Å². The van der Waals surface area contributed by atoms with Crippen LogP contribution in [-0.2, 0) is 16.1 Å². The summed E-state index contributed by atoms with van der Waals surface area (Å²) in [5.74, 6) is -0.126. The standard InChI is InChI=1S/C16H20N2O2S/c1-2-20-15(19)9-6-10-17-11-14-12-21-16(18-14)13-7-4-3-5-8-13/h3-5,7-8,12,17H,2,6,9-11H2,1H3. The van der Waals surface area contributed by atoms with Crippen LogP contribution < -0.4 is 5.32 Å². The molecule has 0 radical (unpaired) electrons. The van der Waals surface area contributed by atoms with Crippen LogP contribution in [0.3, 0.4) is 0 Å². The first-order chi connectivity index (χ1) is 10.3. The number of hydrogen-bond acceptors (Lipinski definition) is 5. The molecule has 0 aliphatic rings. The maximum absolute atomic E-state index is 11.2. The second-order valence-electron chi connectivity index (χ2n) is 4.60. The van der Waals surface area contributed by atoms with Crippen LogP contribution in [0.4, 0.5) is 0 Å². The van der Waals surface area contributed by atoms with Gasteiger partial charge in [-0.1, -0.05) is 30.3 Å². The second kappa shape index (κ2) is 8.54. The summed E-state index contributed by atoms with van der Waals surface area (Å²) >= 11 is 1.65. The van der Waals surface area contributed by atoms with Gasteiger partial charge in [-0.05, 0) is 19.9 Å². The van der Waals surface area contributed by atoms with E-state index in [0.29, 0.717) is 13.0 Å². The Morgan fingerprint density at radius 1 is 1.33 bits per heavy atom. The number of ether oxygens (including phenoxy) is 1. The largest absolute Gasteiger partial charge is 0.466 e. The number of aromatic nitrogens is 1. The molecule has 2 aromatic rings. The van der Waals surface area contributed by atoms with Crippen molar-refractivity contribution in [1.82, 2.24) is 10.3 Å². The van der Waals surface area contributed by atoms with Gasteiger partial charge in [0.25, 0.3) is 0 Å². The van der Waals surface area contributed by atoms with Crippen molar-refractivity contribution in [2.75, 3.05) is 13.2 Å². The Kier molecular flexibility index (Phi) is 6.37. The average molecular weight is 304 g/mol. The molecular formula is C16H20N2O2S. The van der Waals surface area contributed by atoms with Gasteiger partial charge in [0.05, 0.1) is 12.3 Å². The molecule has 0 fully saturated rings. The Balaban J connectivity index is 1.70. The number of carbonyl (C=O) groups is 1. The first-order valence-electron chi connectivity index (χ1n) is 7.15. The molecule has 0 spiro atoms. The Hall–Kier alpha value is -1.72. The maximum atomic E-state index is 11.2. The molecule has 0 aliphatic heterocycles. The van der Waals surface area contributed by atoms with E-state index in [4.69, 9.17) is 4.74 Å². The van der Waals surface area contributed by atoms with Crippen molar-refractivity contribution in [2.24, 2.45) is 0 Å². The Morgan fingerprint density at radius 3 is 2.90 bits per heavy atom. The molecule has 1 aromatic heterocycles. The molecule has 0 bridgehead atoms. The van der Waals surface area contributed by atoms with Crippen molar-refractivity contribution in [3.63, 3.8) is 0 Å². The fraction of sp³-hybridized carbons (Fsp3) is 0.375. The number of rotatable bonds is 8. The predicted molar refractivity (Wildman–Crippen MR) is 85.1 cm³/mol. The minimum atomic E-state index is -0.126. The van der Waals surface area contributed by atoms with E-state index in [1.807, 2.05) is 25.1 Å². The summed E-state index contributed by atoms with van der Waals surface area (Å²) in [6.45, 7) is 3.79. The molecule has 0 unspecified atom stereocenters. The fourth-order valence-electron chi connectivity index (χ4n) is 1.91. The third kappa shape index (κ3) is 5.28. The van der Waals surface area contributed by atoms with Gasteiger partial charge in [-0.3, -0.25) is 4.79 Å². The highest BCUT2D eigenvalue weighted by molar-refractivity contribution is 7.13. The van der Waals surface area contributed by atoms with Crippen LogP contribution in [-0.4, -0.2) is 24.1 Å². The molecule has 0 amide bonds. The highest BCUT2D eigenvalue weighted by atomic mass is 32.1. The molecular weight excluding hydrogens is 284 g/mol. The van der Waals surface area contributed by atoms with Gasteiger partial charge >= 0.3 is 5.97 Å². The fourth-order valence-corrected chi connectivity index (χ4v) is 2.73. The lowest BCUT2D eigenvalue weighted by molar-refractivity contribution is -0.143. The van der Waals surface area contributed by atoms with Crippen molar-refractivity contribution in [2.45, 2.75) is 26.3 Å². The van der Waals surface area contributed by atoms with Crippen molar-refractivity contribution < 1.29 is 9.53 Å². The first-order valence-corrected chi connectivity index (χ1v) is 8.03. The van der Waals surface area contributed by atoms with Gasteiger partial charge in [-0.2, -0.15) is 0 Å². The number of thiazole rings is 1. The van der Waals surface area contributed by atoms with Gasteiger partial charge in [0.15, 0.2) is 0 Å². The maximum Gasteiger partial charge on any atom is 0.305 e. The van der Waals surface area contributed by atoms with Crippen LogP contribution in [0.1, 0.15) is 25.5 Å². The van der Waals surface area contributed by atoms with E-state index in [9.17, 15) is 4.79 Å². The summed E-state index contributed by atoms with van der Waals surface area (Å²) in [7, 11) is 0. The van der Waals surface area contributed by atoms with E-state index < -0.39 is 0 Å². The molecule has 2 rings (SSSR count). The molecule has 4 nitrogen and oxygen atoms in total. The SMILES string of the molecule is CCOC(=O)CCCNCc1csc(-c2ccccc2)n1. The van der Waals surface area contributed by atoms with Crippen molar-refractivity contribution in [3.05, 3.63) is 41.4 Å². The molecule has 1 N–H and O–H groups in total. The molecule has 1 aromatic carbocycles. The zero-order valence-electron chi connectivity index (χ0n) is 12.2. The molecule has 0 atom stereocenters. The van der Waals surface area contributed by atoms with Crippen molar-refractivity contribution in [1.29, 1.82) is 0 Å². The third-order valence-electron chi connectivity index (χ3n) is 2.92. The van der Waals surface area contributed by atoms with E-state index in [1.165, 1.54) is 0 Å². The molecule has 0 saturated carbocycles. The van der Waals surface area contributed by atoms with E-state index in [2.05, 4.69) is 27.8 Å². The summed E-state index contributed by atoms with van der Waals surface area (Å²) in [5.41, 5.74) is 2.19. The number of nitrogens with zero attached hydrogens (tertiary/aromatic N) is 1. The van der Waals surface area contributed by atoms with Gasteiger partial charge in [0.1, 0.15) is 5.01 Å². The van der Waals surface area contributed by atoms with Crippen molar-refractivity contribution >= 4 is 17.3 Å². The van der Waals surface area contributed by atoms with Crippen LogP contribution in [0.5, 0.6) is 0 Å². The van der Waals surface area contributed by atoms with E-state index in [0.717, 1.165) is 35.8 Å². The highest BCUT2D eigenvalue weighted by Crippen LogP contribution is 2.23. The van der Waals surface area contributed by atoms with Crippen LogP contribution in [0.2, 0.25) is 0 Å². The van der Waals surface area contributed by atoms with Crippen LogP contribution in [0, 0.1) is 0 Å². The lowest BCUT2D eigenvalue weighted by Crippen LogP contribution is -2.16. The lowest BCUT2D eigenvalue weighted by atomic mass is 10.2. The summed E-state index contributed by atoms with van der Waals surface area (Å²) < 4.78 is 4.88. The third-order valence-corrected chi connectivity index (χ3v) is 3.86. The Morgan fingerprint density at radius 2 is 2.14 bits per heavy atom. The normalized spacial score (nSPS) is 10.5.